The Morgan fingerprint density at radius 1 is 1.27 bits per heavy atom. The Balaban J connectivity index is 2.24. The summed E-state index contributed by atoms with van der Waals surface area (Å²) in [5.41, 5.74) is 0.345. The Labute approximate surface area is 125 Å². The fraction of sp³-hybridized carbons (Fsp3) is 0.333. The van der Waals surface area contributed by atoms with Gasteiger partial charge in [0.1, 0.15) is 5.70 Å². The van der Waals surface area contributed by atoms with Gasteiger partial charge in [-0.25, -0.2) is 9.59 Å². The number of esters is 2. The van der Waals surface area contributed by atoms with E-state index in [2.05, 4.69) is 25.9 Å². The lowest BCUT2D eigenvalue weighted by molar-refractivity contribution is -0.140. The van der Waals surface area contributed by atoms with Gasteiger partial charge < -0.3 is 14.8 Å². The Morgan fingerprint density at radius 2 is 2.05 bits per heavy atom. The van der Waals surface area contributed by atoms with Gasteiger partial charge in [0.2, 0.25) is 0 Å². The minimum Gasteiger partial charge on any atom is -0.463 e. The van der Waals surface area contributed by atoms with Gasteiger partial charge in [-0.15, -0.1) is 14.8 Å². The lowest BCUT2D eigenvalue weighted by Gasteiger charge is -2.09. The number of carbonyl (C=O) groups excluding carboxylic acids is 2. The minimum atomic E-state index is -0.700. The van der Waals surface area contributed by atoms with Crippen LogP contribution in [0.4, 0.5) is 5.82 Å². The number of rotatable bonds is 6. The van der Waals surface area contributed by atoms with E-state index in [-0.39, 0.29) is 24.7 Å². The van der Waals surface area contributed by atoms with E-state index in [9.17, 15) is 9.59 Å². The summed E-state index contributed by atoms with van der Waals surface area (Å²) in [6.45, 7) is 3.68. The van der Waals surface area contributed by atoms with Crippen molar-refractivity contribution in [1.82, 2.24) is 25.3 Å². The third kappa shape index (κ3) is 3.75. The molecule has 0 amide bonds. The zero-order chi connectivity index (χ0) is 15.9. The van der Waals surface area contributed by atoms with Crippen molar-refractivity contribution >= 4 is 23.4 Å². The first-order valence-corrected chi connectivity index (χ1v) is 6.52. The molecule has 0 aliphatic rings. The Hall–Kier alpha value is -3.04. The van der Waals surface area contributed by atoms with Gasteiger partial charge in [0.25, 0.3) is 0 Å². The summed E-state index contributed by atoms with van der Waals surface area (Å²) in [4.78, 5) is 23.4. The molecule has 0 unspecified atom stereocenters. The molecule has 0 saturated carbocycles. The van der Waals surface area contributed by atoms with E-state index in [0.29, 0.717) is 5.65 Å². The molecule has 2 heterocycles. The smallest absolute Gasteiger partial charge is 0.355 e. The van der Waals surface area contributed by atoms with E-state index in [1.807, 2.05) is 0 Å². The van der Waals surface area contributed by atoms with Gasteiger partial charge in [-0.2, -0.15) is 0 Å². The molecule has 0 aliphatic carbocycles. The lowest BCUT2D eigenvalue weighted by Crippen LogP contribution is -2.18. The van der Waals surface area contributed by atoms with Crippen molar-refractivity contribution < 1.29 is 19.1 Å². The highest BCUT2D eigenvalue weighted by atomic mass is 16.5. The predicted octanol–water partition coefficient (Wildman–Crippen LogP) is -0.0587. The molecular weight excluding hydrogens is 292 g/mol. The highest BCUT2D eigenvalue weighted by Crippen LogP contribution is 2.09. The van der Waals surface area contributed by atoms with Gasteiger partial charge in [0.05, 0.1) is 19.3 Å². The number of nitrogens with zero attached hydrogens (tertiary/aromatic N) is 5. The third-order valence-corrected chi connectivity index (χ3v) is 2.38. The van der Waals surface area contributed by atoms with E-state index in [1.165, 1.54) is 4.63 Å². The van der Waals surface area contributed by atoms with Gasteiger partial charge >= 0.3 is 11.9 Å². The summed E-state index contributed by atoms with van der Waals surface area (Å²) in [6.07, 6.45) is 1.01. The lowest BCUT2D eigenvalue weighted by atomic mass is 10.3. The molecule has 0 fully saturated rings. The van der Waals surface area contributed by atoms with Gasteiger partial charge in [-0.05, 0) is 36.4 Å². The molecule has 0 radical (unpaired) electrons. The van der Waals surface area contributed by atoms with Crippen LogP contribution in [0.1, 0.15) is 13.8 Å². The van der Waals surface area contributed by atoms with Crippen LogP contribution < -0.4 is 5.32 Å². The summed E-state index contributed by atoms with van der Waals surface area (Å²) in [5, 5.41) is 17.5. The number of ether oxygens (including phenoxy) is 2. The molecule has 10 nitrogen and oxygen atoms in total. The quantitative estimate of drug-likeness (QED) is 0.577. The van der Waals surface area contributed by atoms with Crippen LogP contribution in [0.25, 0.3) is 5.65 Å². The predicted molar refractivity (Wildman–Crippen MR) is 73.5 cm³/mol. The van der Waals surface area contributed by atoms with Crippen LogP contribution in [0.5, 0.6) is 0 Å². The van der Waals surface area contributed by atoms with Gasteiger partial charge in [0.15, 0.2) is 11.5 Å². The van der Waals surface area contributed by atoms with Crippen molar-refractivity contribution in [2.45, 2.75) is 13.8 Å². The first kappa shape index (κ1) is 15.4. The van der Waals surface area contributed by atoms with Crippen LogP contribution in [-0.2, 0) is 19.1 Å². The van der Waals surface area contributed by atoms with E-state index in [4.69, 9.17) is 9.47 Å². The number of aromatic nitrogens is 5. The first-order chi connectivity index (χ1) is 10.6. The van der Waals surface area contributed by atoms with Crippen molar-refractivity contribution in [2.24, 2.45) is 0 Å². The van der Waals surface area contributed by atoms with E-state index >= 15 is 0 Å². The summed E-state index contributed by atoms with van der Waals surface area (Å²) in [5.74, 6) is -1.10. The fourth-order valence-electron chi connectivity index (χ4n) is 1.51. The highest BCUT2D eigenvalue weighted by molar-refractivity contribution is 5.98. The number of carbonyl (C=O) groups is 2. The number of tetrazole rings is 1. The second-order valence-corrected chi connectivity index (χ2v) is 3.90. The normalized spacial score (nSPS) is 11.3. The van der Waals surface area contributed by atoms with Crippen LogP contribution in [0, 0.1) is 0 Å². The monoisotopic (exact) mass is 306 g/mol. The maximum atomic E-state index is 11.9. The van der Waals surface area contributed by atoms with Crippen molar-refractivity contribution in [3.8, 4) is 0 Å². The van der Waals surface area contributed by atoms with Crippen LogP contribution in [0.15, 0.2) is 23.9 Å². The number of anilines is 1. The van der Waals surface area contributed by atoms with E-state index in [0.717, 1.165) is 6.08 Å². The number of fused-ring (bicyclic) bond motifs is 1. The van der Waals surface area contributed by atoms with E-state index in [1.54, 1.807) is 26.0 Å². The summed E-state index contributed by atoms with van der Waals surface area (Å²) >= 11 is 0. The molecule has 2 rings (SSSR count). The van der Waals surface area contributed by atoms with Crippen molar-refractivity contribution in [3.05, 3.63) is 23.9 Å². The molecule has 0 spiro atoms. The average molecular weight is 306 g/mol. The number of hydrogen-bond acceptors (Lipinski definition) is 9. The second-order valence-electron chi connectivity index (χ2n) is 3.90. The first-order valence-electron chi connectivity index (χ1n) is 6.52. The standard InChI is InChI=1S/C12H14N6O4/c1-3-21-11(19)7-8(12(20)22-4-2)13-9-5-6-10-14-16-17-18(10)15-9/h5-7H,3-4H2,1-2H3,(H,13,15)/b8-7-. The van der Waals surface area contributed by atoms with Crippen LogP contribution in [0.2, 0.25) is 0 Å². The number of hydrogen-bond donors (Lipinski definition) is 1. The third-order valence-electron chi connectivity index (χ3n) is 2.38. The molecule has 0 bridgehead atoms. The molecule has 22 heavy (non-hydrogen) atoms. The molecule has 2 aromatic rings. The van der Waals surface area contributed by atoms with Crippen molar-refractivity contribution in [1.29, 1.82) is 0 Å². The average Bonchev–Trinajstić information content (AvgIpc) is 2.94. The zero-order valence-electron chi connectivity index (χ0n) is 12.0. The summed E-state index contributed by atoms with van der Waals surface area (Å²) in [7, 11) is 0. The van der Waals surface area contributed by atoms with Gasteiger partial charge in [0, 0.05) is 0 Å². The fourth-order valence-corrected chi connectivity index (χ4v) is 1.51. The topological polar surface area (TPSA) is 121 Å². The zero-order valence-corrected chi connectivity index (χ0v) is 12.0. The Bertz CT molecular complexity index is 710. The van der Waals surface area contributed by atoms with Crippen LogP contribution >= 0.6 is 0 Å². The molecule has 0 aliphatic heterocycles. The minimum absolute atomic E-state index is 0.0970. The molecule has 0 saturated heterocycles. The SMILES string of the molecule is CCOC(=O)/C=C(\Nc1ccc2nnnn2n1)C(=O)OCC. The highest BCUT2D eigenvalue weighted by Gasteiger charge is 2.15. The largest absolute Gasteiger partial charge is 0.463 e. The van der Waals surface area contributed by atoms with E-state index < -0.39 is 11.9 Å². The summed E-state index contributed by atoms with van der Waals surface area (Å²) < 4.78 is 10.8. The molecule has 2 aromatic heterocycles. The Morgan fingerprint density at radius 3 is 2.77 bits per heavy atom. The molecule has 10 heteroatoms. The maximum Gasteiger partial charge on any atom is 0.355 e. The van der Waals surface area contributed by atoms with Gasteiger partial charge in [-0.1, -0.05) is 0 Å². The van der Waals surface area contributed by atoms with Crippen LogP contribution in [0.3, 0.4) is 0 Å². The molecular formula is C12H14N6O4. The molecule has 116 valence electrons. The van der Waals surface area contributed by atoms with Crippen molar-refractivity contribution in [3.63, 3.8) is 0 Å². The molecule has 1 N–H and O–H groups in total. The number of nitrogens with one attached hydrogen (secondary N) is 1. The molecule has 0 atom stereocenters. The van der Waals surface area contributed by atoms with Gasteiger partial charge in [-0.3, -0.25) is 0 Å². The molecule has 0 aromatic carbocycles. The summed E-state index contributed by atoms with van der Waals surface area (Å²) in [6, 6.07) is 3.16. The maximum absolute atomic E-state index is 11.9. The van der Waals surface area contributed by atoms with Crippen molar-refractivity contribution in [2.75, 3.05) is 18.5 Å². The second kappa shape index (κ2) is 7.11. The Kier molecular flexibility index (Phi) is 4.96. The van der Waals surface area contributed by atoms with Crippen LogP contribution in [-0.4, -0.2) is 50.4 Å².